The van der Waals surface area contributed by atoms with Crippen molar-refractivity contribution in [2.24, 2.45) is 5.73 Å². The SMILES string of the molecule is NC(=O)c1cccc2c1c1cccc(F)c1n2Cc1cccc(OC(F)F)c1. The Balaban J connectivity index is 1.94. The molecule has 0 bridgehead atoms. The summed E-state index contributed by atoms with van der Waals surface area (Å²) in [6.45, 7) is -2.73. The Morgan fingerprint density at radius 3 is 2.57 bits per heavy atom. The highest BCUT2D eigenvalue weighted by Gasteiger charge is 2.19. The number of benzene rings is 3. The first kappa shape index (κ1) is 17.9. The minimum Gasteiger partial charge on any atom is -0.435 e. The van der Waals surface area contributed by atoms with Gasteiger partial charge in [0.05, 0.1) is 11.0 Å². The van der Waals surface area contributed by atoms with E-state index in [-0.39, 0.29) is 12.3 Å². The van der Waals surface area contributed by atoms with E-state index < -0.39 is 18.3 Å². The van der Waals surface area contributed by atoms with Gasteiger partial charge in [-0.25, -0.2) is 4.39 Å². The molecule has 28 heavy (non-hydrogen) atoms. The van der Waals surface area contributed by atoms with Crippen LogP contribution in [0.1, 0.15) is 15.9 Å². The molecule has 142 valence electrons. The van der Waals surface area contributed by atoms with Crippen LogP contribution in [0.3, 0.4) is 0 Å². The van der Waals surface area contributed by atoms with Crippen molar-refractivity contribution in [2.45, 2.75) is 13.2 Å². The lowest BCUT2D eigenvalue weighted by Gasteiger charge is -2.10. The molecule has 7 heteroatoms. The number of aromatic nitrogens is 1. The molecule has 1 heterocycles. The van der Waals surface area contributed by atoms with Crippen LogP contribution in [-0.4, -0.2) is 17.1 Å². The topological polar surface area (TPSA) is 57.2 Å². The molecule has 4 nitrogen and oxygen atoms in total. The molecule has 0 aliphatic rings. The maximum Gasteiger partial charge on any atom is 0.387 e. The molecule has 2 N–H and O–H groups in total. The highest BCUT2D eigenvalue weighted by Crippen LogP contribution is 2.34. The van der Waals surface area contributed by atoms with Crippen LogP contribution in [-0.2, 0) is 6.54 Å². The Labute approximate surface area is 157 Å². The molecule has 0 fully saturated rings. The lowest BCUT2D eigenvalue weighted by Crippen LogP contribution is -2.11. The Morgan fingerprint density at radius 2 is 1.82 bits per heavy atom. The zero-order valence-corrected chi connectivity index (χ0v) is 14.5. The summed E-state index contributed by atoms with van der Waals surface area (Å²) in [6, 6.07) is 15.9. The number of nitrogens with zero attached hydrogens (tertiary/aromatic N) is 1. The standard InChI is InChI=1S/C21H15F3N2O2/c22-16-8-2-6-14-18-15(20(25)27)7-3-9-17(18)26(19(14)16)11-12-4-1-5-13(10-12)28-21(23)24/h1-10,21H,11H2,(H2,25,27). The smallest absolute Gasteiger partial charge is 0.387 e. The third-order valence-corrected chi connectivity index (χ3v) is 4.59. The predicted octanol–water partition coefficient (Wildman–Crippen LogP) is 4.68. The molecule has 1 aromatic heterocycles. The molecule has 4 rings (SSSR count). The summed E-state index contributed by atoms with van der Waals surface area (Å²) in [5.41, 5.74) is 7.38. The summed E-state index contributed by atoms with van der Waals surface area (Å²) >= 11 is 0. The summed E-state index contributed by atoms with van der Waals surface area (Å²) in [7, 11) is 0. The number of hydrogen-bond acceptors (Lipinski definition) is 2. The van der Waals surface area contributed by atoms with Crippen molar-refractivity contribution in [1.29, 1.82) is 0 Å². The molecule has 0 aliphatic heterocycles. The van der Waals surface area contributed by atoms with Crippen molar-refractivity contribution < 1.29 is 22.7 Å². The van der Waals surface area contributed by atoms with E-state index in [1.54, 1.807) is 47.0 Å². The maximum absolute atomic E-state index is 14.7. The predicted molar refractivity (Wildman–Crippen MR) is 100 cm³/mol. The van der Waals surface area contributed by atoms with E-state index in [1.807, 2.05) is 0 Å². The summed E-state index contributed by atoms with van der Waals surface area (Å²) in [5, 5.41) is 1.12. The molecule has 3 aromatic carbocycles. The molecule has 0 atom stereocenters. The lowest BCUT2D eigenvalue weighted by molar-refractivity contribution is -0.0498. The van der Waals surface area contributed by atoms with Gasteiger partial charge < -0.3 is 15.0 Å². The van der Waals surface area contributed by atoms with Gasteiger partial charge in [-0.15, -0.1) is 0 Å². The second-order valence-electron chi connectivity index (χ2n) is 6.31. The largest absolute Gasteiger partial charge is 0.435 e. The van der Waals surface area contributed by atoms with E-state index in [0.717, 1.165) is 0 Å². The summed E-state index contributed by atoms with van der Waals surface area (Å²) in [6.07, 6.45) is 0. The van der Waals surface area contributed by atoms with Crippen LogP contribution in [0.5, 0.6) is 5.75 Å². The number of fused-ring (bicyclic) bond motifs is 3. The molecule has 1 amide bonds. The number of carbonyl (C=O) groups excluding carboxylic acids is 1. The molecular weight excluding hydrogens is 369 g/mol. The van der Waals surface area contributed by atoms with Crippen LogP contribution in [0, 0.1) is 5.82 Å². The van der Waals surface area contributed by atoms with E-state index in [2.05, 4.69) is 4.74 Å². The molecule has 0 radical (unpaired) electrons. The van der Waals surface area contributed by atoms with Crippen molar-refractivity contribution in [3.63, 3.8) is 0 Å². The lowest BCUT2D eigenvalue weighted by atomic mass is 10.1. The fourth-order valence-electron chi connectivity index (χ4n) is 3.53. The van der Waals surface area contributed by atoms with Gasteiger partial charge in [-0.2, -0.15) is 8.78 Å². The first-order valence-corrected chi connectivity index (χ1v) is 8.48. The Bertz CT molecular complexity index is 1200. The van der Waals surface area contributed by atoms with E-state index in [0.29, 0.717) is 32.9 Å². The number of nitrogens with two attached hydrogens (primary N) is 1. The highest BCUT2D eigenvalue weighted by atomic mass is 19.3. The van der Waals surface area contributed by atoms with Crippen LogP contribution in [0.15, 0.2) is 60.7 Å². The number of rotatable bonds is 5. The van der Waals surface area contributed by atoms with Crippen molar-refractivity contribution in [3.8, 4) is 5.75 Å². The first-order valence-electron chi connectivity index (χ1n) is 8.48. The number of amides is 1. The number of alkyl halides is 2. The van der Waals surface area contributed by atoms with Gasteiger partial charge in [-0.1, -0.05) is 30.3 Å². The fraction of sp³-hybridized carbons (Fsp3) is 0.0952. The second kappa shape index (κ2) is 6.92. The highest BCUT2D eigenvalue weighted by molar-refractivity contribution is 6.17. The van der Waals surface area contributed by atoms with Crippen molar-refractivity contribution >= 4 is 27.7 Å². The minimum atomic E-state index is -2.93. The fourth-order valence-corrected chi connectivity index (χ4v) is 3.53. The zero-order chi connectivity index (χ0) is 19.8. The van der Waals surface area contributed by atoms with Crippen LogP contribution in [0.4, 0.5) is 13.2 Å². The number of para-hydroxylation sites is 1. The van der Waals surface area contributed by atoms with Crippen molar-refractivity contribution in [1.82, 2.24) is 4.57 Å². The van der Waals surface area contributed by atoms with Gasteiger partial charge in [-0.05, 0) is 35.9 Å². The van der Waals surface area contributed by atoms with Crippen LogP contribution >= 0.6 is 0 Å². The monoisotopic (exact) mass is 384 g/mol. The first-order chi connectivity index (χ1) is 13.5. The van der Waals surface area contributed by atoms with Gasteiger partial charge in [0, 0.05) is 22.9 Å². The quantitative estimate of drug-likeness (QED) is 0.543. The molecule has 0 spiro atoms. The number of primary amides is 1. The average molecular weight is 384 g/mol. The number of ether oxygens (including phenoxy) is 1. The number of carbonyl (C=O) groups is 1. The molecule has 4 aromatic rings. The van der Waals surface area contributed by atoms with Gasteiger partial charge in [0.1, 0.15) is 11.6 Å². The van der Waals surface area contributed by atoms with E-state index in [1.165, 1.54) is 18.2 Å². The minimum absolute atomic E-state index is 0.0200. The summed E-state index contributed by atoms with van der Waals surface area (Å²) in [4.78, 5) is 11.9. The van der Waals surface area contributed by atoms with Crippen LogP contribution in [0.2, 0.25) is 0 Å². The second-order valence-corrected chi connectivity index (χ2v) is 6.31. The van der Waals surface area contributed by atoms with E-state index in [9.17, 15) is 18.0 Å². The maximum atomic E-state index is 14.7. The van der Waals surface area contributed by atoms with Gasteiger partial charge in [-0.3, -0.25) is 4.79 Å². The van der Waals surface area contributed by atoms with Crippen molar-refractivity contribution in [2.75, 3.05) is 0 Å². The Hall–Kier alpha value is -3.48. The van der Waals surface area contributed by atoms with E-state index >= 15 is 0 Å². The van der Waals surface area contributed by atoms with Crippen LogP contribution in [0.25, 0.3) is 21.8 Å². The molecular formula is C21H15F3N2O2. The third-order valence-electron chi connectivity index (χ3n) is 4.59. The van der Waals surface area contributed by atoms with Gasteiger partial charge in [0.15, 0.2) is 0 Å². The van der Waals surface area contributed by atoms with Crippen molar-refractivity contribution in [3.05, 3.63) is 77.6 Å². The van der Waals surface area contributed by atoms with Gasteiger partial charge in [0.25, 0.3) is 0 Å². The Morgan fingerprint density at radius 1 is 1.07 bits per heavy atom. The summed E-state index contributed by atoms with van der Waals surface area (Å²) < 4.78 is 45.9. The third kappa shape index (κ3) is 3.05. The molecule has 0 aliphatic carbocycles. The molecule has 0 saturated carbocycles. The average Bonchev–Trinajstić information content (AvgIpc) is 2.97. The van der Waals surface area contributed by atoms with Gasteiger partial charge >= 0.3 is 6.61 Å². The van der Waals surface area contributed by atoms with Crippen LogP contribution < -0.4 is 10.5 Å². The molecule has 0 saturated heterocycles. The normalized spacial score (nSPS) is 11.4. The zero-order valence-electron chi connectivity index (χ0n) is 14.5. The summed E-state index contributed by atoms with van der Waals surface area (Å²) in [5.74, 6) is -1.04. The number of halogens is 3. The Kier molecular flexibility index (Phi) is 4.43. The number of hydrogen-bond donors (Lipinski definition) is 1. The van der Waals surface area contributed by atoms with E-state index in [4.69, 9.17) is 5.73 Å². The molecule has 0 unspecified atom stereocenters. The van der Waals surface area contributed by atoms with Gasteiger partial charge in [0.2, 0.25) is 5.91 Å².